The number of rotatable bonds is 5. The van der Waals surface area contributed by atoms with Crippen molar-refractivity contribution in [1.82, 2.24) is 0 Å². The fourth-order valence-corrected chi connectivity index (χ4v) is 3.27. The number of allylic oxidation sites excluding steroid dienone is 1. The van der Waals surface area contributed by atoms with E-state index in [-0.39, 0.29) is 16.5 Å². The largest absolute Gasteiger partial charge is 0.457 e. The summed E-state index contributed by atoms with van der Waals surface area (Å²) in [5.41, 5.74) is 1.04. The highest BCUT2D eigenvalue weighted by Crippen LogP contribution is 2.32. The Morgan fingerprint density at radius 2 is 1.76 bits per heavy atom. The lowest BCUT2D eigenvalue weighted by molar-refractivity contribution is -0.384. The van der Waals surface area contributed by atoms with Crippen molar-refractivity contribution in [2.24, 2.45) is 0 Å². The van der Waals surface area contributed by atoms with E-state index >= 15 is 0 Å². The number of hydrogen-bond donors (Lipinski definition) is 0. The molecule has 1 aromatic heterocycles. The van der Waals surface area contributed by atoms with Gasteiger partial charge < -0.3 is 4.42 Å². The zero-order valence-electron chi connectivity index (χ0n) is 15.0. The molecule has 4 aromatic rings. The lowest BCUT2D eigenvalue weighted by atomic mass is 10.0. The van der Waals surface area contributed by atoms with Crippen molar-refractivity contribution in [2.75, 3.05) is 0 Å². The third-order valence-electron chi connectivity index (χ3n) is 4.49. The number of carbonyl (C=O) groups excluding carboxylic acids is 1. The van der Waals surface area contributed by atoms with Crippen molar-refractivity contribution < 1.29 is 14.1 Å². The number of halogens is 1. The van der Waals surface area contributed by atoms with Crippen LogP contribution >= 0.6 is 11.6 Å². The average molecular weight is 404 g/mol. The van der Waals surface area contributed by atoms with E-state index in [4.69, 9.17) is 16.0 Å². The molecule has 4 rings (SSSR count). The van der Waals surface area contributed by atoms with Crippen LogP contribution in [0.25, 0.3) is 28.2 Å². The van der Waals surface area contributed by atoms with Gasteiger partial charge in [0.15, 0.2) is 5.78 Å². The van der Waals surface area contributed by atoms with Crippen LogP contribution in [0.3, 0.4) is 0 Å². The zero-order chi connectivity index (χ0) is 20.4. The first-order valence-electron chi connectivity index (χ1n) is 8.76. The molecule has 0 aliphatic carbocycles. The maximum Gasteiger partial charge on any atom is 0.270 e. The first-order valence-corrected chi connectivity index (χ1v) is 9.14. The number of nitrogens with zero attached hydrogens (tertiary/aromatic N) is 1. The number of carbonyl (C=O) groups is 1. The Hall–Kier alpha value is -3.70. The highest BCUT2D eigenvalue weighted by Gasteiger charge is 2.13. The van der Waals surface area contributed by atoms with Gasteiger partial charge in [0.2, 0.25) is 0 Å². The van der Waals surface area contributed by atoms with Crippen molar-refractivity contribution in [3.05, 3.63) is 105 Å². The number of hydrogen-bond acceptors (Lipinski definition) is 4. The standard InChI is InChI=1S/C23H14ClNO4/c24-21-14-18(25(27)28)7-10-20(21)23-12-9-19(29-23)8-11-22(26)17-6-5-15-3-1-2-4-16(15)13-17/h1-14H/b11-8+. The second-order valence-corrected chi connectivity index (χ2v) is 6.79. The molecule has 0 spiro atoms. The molecule has 0 atom stereocenters. The second-order valence-electron chi connectivity index (χ2n) is 6.38. The van der Waals surface area contributed by atoms with E-state index in [0.29, 0.717) is 22.6 Å². The Labute approximate surface area is 171 Å². The molecule has 0 N–H and O–H groups in total. The van der Waals surface area contributed by atoms with Crippen molar-refractivity contribution in [1.29, 1.82) is 0 Å². The van der Waals surface area contributed by atoms with Crippen LogP contribution in [0.2, 0.25) is 5.02 Å². The van der Waals surface area contributed by atoms with E-state index in [2.05, 4.69) is 0 Å². The third kappa shape index (κ3) is 3.95. The van der Waals surface area contributed by atoms with Crippen molar-refractivity contribution >= 4 is 39.9 Å². The minimum atomic E-state index is -0.510. The first kappa shape index (κ1) is 18.7. The molecule has 0 saturated carbocycles. The number of benzene rings is 3. The fourth-order valence-electron chi connectivity index (χ4n) is 3.00. The zero-order valence-corrected chi connectivity index (χ0v) is 15.8. The maximum absolute atomic E-state index is 12.5. The number of furan rings is 1. The van der Waals surface area contributed by atoms with E-state index < -0.39 is 4.92 Å². The predicted octanol–water partition coefficient (Wildman–Crippen LogP) is 6.56. The highest BCUT2D eigenvalue weighted by molar-refractivity contribution is 6.33. The van der Waals surface area contributed by atoms with Gasteiger partial charge in [0.25, 0.3) is 5.69 Å². The van der Waals surface area contributed by atoms with Crippen LogP contribution in [-0.4, -0.2) is 10.7 Å². The molecule has 142 valence electrons. The van der Waals surface area contributed by atoms with Crippen molar-refractivity contribution in [3.63, 3.8) is 0 Å². The molecule has 0 saturated heterocycles. The van der Waals surface area contributed by atoms with Gasteiger partial charge in [-0.3, -0.25) is 14.9 Å². The minimum Gasteiger partial charge on any atom is -0.457 e. The fraction of sp³-hybridized carbons (Fsp3) is 0. The SMILES string of the molecule is O=C(/C=C/c1ccc(-c2ccc([N+](=O)[O-])cc2Cl)o1)c1ccc2ccccc2c1. The summed E-state index contributed by atoms with van der Waals surface area (Å²) in [5, 5.41) is 13.1. The third-order valence-corrected chi connectivity index (χ3v) is 4.80. The smallest absolute Gasteiger partial charge is 0.270 e. The van der Waals surface area contributed by atoms with Crippen LogP contribution in [0.15, 0.2) is 83.3 Å². The van der Waals surface area contributed by atoms with E-state index in [9.17, 15) is 14.9 Å². The molecule has 0 bridgehead atoms. The summed E-state index contributed by atoms with van der Waals surface area (Å²) in [4.78, 5) is 22.8. The lowest BCUT2D eigenvalue weighted by Gasteiger charge is -2.01. The summed E-state index contributed by atoms with van der Waals surface area (Å²) < 4.78 is 5.71. The topological polar surface area (TPSA) is 73.3 Å². The Bertz CT molecular complexity index is 1270. The van der Waals surface area contributed by atoms with Crippen LogP contribution < -0.4 is 0 Å². The molecule has 3 aromatic carbocycles. The van der Waals surface area contributed by atoms with Gasteiger partial charge in [-0.1, -0.05) is 48.0 Å². The molecule has 0 radical (unpaired) electrons. The lowest BCUT2D eigenvalue weighted by Crippen LogP contribution is -1.93. The Balaban J connectivity index is 1.54. The van der Waals surface area contributed by atoms with Gasteiger partial charge in [-0.25, -0.2) is 0 Å². The van der Waals surface area contributed by atoms with Crippen molar-refractivity contribution in [2.45, 2.75) is 0 Å². The molecule has 29 heavy (non-hydrogen) atoms. The number of fused-ring (bicyclic) bond motifs is 1. The van der Waals surface area contributed by atoms with Crippen LogP contribution in [-0.2, 0) is 0 Å². The van der Waals surface area contributed by atoms with Gasteiger partial charge in [-0.15, -0.1) is 0 Å². The van der Waals surface area contributed by atoms with E-state index in [1.54, 1.807) is 24.3 Å². The van der Waals surface area contributed by atoms with Gasteiger partial charge in [-0.05, 0) is 47.2 Å². The summed E-state index contributed by atoms with van der Waals surface area (Å²) in [6.07, 6.45) is 3.03. The summed E-state index contributed by atoms with van der Waals surface area (Å²) in [6, 6.07) is 21.0. The Morgan fingerprint density at radius 1 is 0.966 bits per heavy atom. The number of nitro groups is 1. The van der Waals surface area contributed by atoms with Gasteiger partial charge in [0, 0.05) is 23.3 Å². The molecule has 5 nitrogen and oxygen atoms in total. The maximum atomic E-state index is 12.5. The molecule has 6 heteroatoms. The van der Waals surface area contributed by atoms with Gasteiger partial charge in [-0.2, -0.15) is 0 Å². The summed E-state index contributed by atoms with van der Waals surface area (Å²) >= 11 is 6.14. The second kappa shape index (κ2) is 7.73. The Kier molecular flexibility index (Phi) is 4.97. The number of nitro benzene ring substituents is 1. The first-order chi connectivity index (χ1) is 14.0. The van der Waals surface area contributed by atoms with Gasteiger partial charge in [0.05, 0.1) is 9.95 Å². The van der Waals surface area contributed by atoms with Crippen LogP contribution in [0, 0.1) is 10.1 Å². The van der Waals surface area contributed by atoms with Crippen LogP contribution in [0.4, 0.5) is 5.69 Å². The molecule has 0 amide bonds. The van der Waals surface area contributed by atoms with Gasteiger partial charge in [0.1, 0.15) is 11.5 Å². The molecule has 0 unspecified atom stereocenters. The van der Waals surface area contributed by atoms with Gasteiger partial charge >= 0.3 is 0 Å². The number of non-ortho nitro benzene ring substituents is 1. The van der Waals surface area contributed by atoms with Crippen LogP contribution in [0.1, 0.15) is 16.1 Å². The molecular weight excluding hydrogens is 390 g/mol. The minimum absolute atomic E-state index is 0.0913. The summed E-state index contributed by atoms with van der Waals surface area (Å²) in [7, 11) is 0. The monoisotopic (exact) mass is 403 g/mol. The summed E-state index contributed by atoms with van der Waals surface area (Å²) in [5.74, 6) is 0.799. The normalized spacial score (nSPS) is 11.2. The average Bonchev–Trinajstić information content (AvgIpc) is 3.20. The molecule has 0 aliphatic heterocycles. The molecular formula is C23H14ClNO4. The highest BCUT2D eigenvalue weighted by atomic mass is 35.5. The molecule has 0 fully saturated rings. The molecule has 0 aliphatic rings. The molecule has 1 heterocycles. The van der Waals surface area contributed by atoms with E-state index in [0.717, 1.165) is 10.8 Å². The predicted molar refractivity (Wildman–Crippen MR) is 113 cm³/mol. The summed E-state index contributed by atoms with van der Waals surface area (Å²) in [6.45, 7) is 0. The van der Waals surface area contributed by atoms with Crippen molar-refractivity contribution in [3.8, 4) is 11.3 Å². The number of ketones is 1. The van der Waals surface area contributed by atoms with Crippen LogP contribution in [0.5, 0.6) is 0 Å². The van der Waals surface area contributed by atoms with E-state index in [1.165, 1.54) is 24.3 Å². The quantitative estimate of drug-likeness (QED) is 0.164. The van der Waals surface area contributed by atoms with E-state index in [1.807, 2.05) is 36.4 Å². The Morgan fingerprint density at radius 3 is 2.52 bits per heavy atom.